The van der Waals surface area contributed by atoms with Crippen molar-refractivity contribution in [2.75, 3.05) is 11.4 Å². The zero-order chi connectivity index (χ0) is 14.7. The van der Waals surface area contributed by atoms with E-state index >= 15 is 0 Å². The fourth-order valence-electron chi connectivity index (χ4n) is 2.41. The average Bonchev–Trinajstić information content (AvgIpc) is 2.47. The van der Waals surface area contributed by atoms with Crippen LogP contribution < -0.4 is 4.90 Å². The molecule has 4 nitrogen and oxygen atoms in total. The summed E-state index contributed by atoms with van der Waals surface area (Å²) in [6.07, 6.45) is 1.04. The number of rotatable bonds is 3. The van der Waals surface area contributed by atoms with Gasteiger partial charge in [0.05, 0.1) is 17.7 Å². The molecule has 1 aliphatic heterocycles. The standard InChI is InChI=1S/C15H15FN2O2/c1-10(9-17)14(19)11-5-4-8-18(15(11)20)13-7-3-2-6-12(13)16/h2-3,6-7,10-11H,4-5,8H2,1H3/t10-,11-/m1/s1. The molecule has 0 bridgehead atoms. The van der Waals surface area contributed by atoms with Gasteiger partial charge in [-0.25, -0.2) is 4.39 Å². The van der Waals surface area contributed by atoms with E-state index in [4.69, 9.17) is 5.26 Å². The van der Waals surface area contributed by atoms with Crippen LogP contribution in [0.25, 0.3) is 0 Å². The van der Waals surface area contributed by atoms with Gasteiger partial charge in [0.15, 0.2) is 5.78 Å². The third-order valence-corrected chi connectivity index (χ3v) is 3.55. The molecule has 0 saturated carbocycles. The second kappa shape index (κ2) is 5.83. The van der Waals surface area contributed by atoms with Crippen molar-refractivity contribution < 1.29 is 14.0 Å². The molecule has 0 N–H and O–H groups in total. The van der Waals surface area contributed by atoms with Gasteiger partial charge in [-0.1, -0.05) is 12.1 Å². The van der Waals surface area contributed by atoms with Crippen molar-refractivity contribution in [3.05, 3.63) is 30.1 Å². The Morgan fingerprint density at radius 2 is 2.20 bits per heavy atom. The highest BCUT2D eigenvalue weighted by Gasteiger charge is 2.37. The Morgan fingerprint density at radius 1 is 1.50 bits per heavy atom. The van der Waals surface area contributed by atoms with Crippen molar-refractivity contribution >= 4 is 17.4 Å². The molecule has 104 valence electrons. The molecule has 0 aromatic heterocycles. The van der Waals surface area contributed by atoms with E-state index in [2.05, 4.69) is 0 Å². The molecule has 0 spiro atoms. The summed E-state index contributed by atoms with van der Waals surface area (Å²) in [6.45, 7) is 1.88. The van der Waals surface area contributed by atoms with Crippen molar-refractivity contribution in [2.45, 2.75) is 19.8 Å². The van der Waals surface area contributed by atoms with Gasteiger partial charge in [-0.15, -0.1) is 0 Å². The van der Waals surface area contributed by atoms with Gasteiger partial charge in [0.1, 0.15) is 11.7 Å². The number of benzene rings is 1. The molecule has 1 heterocycles. The Balaban J connectivity index is 2.26. The fraction of sp³-hybridized carbons (Fsp3) is 0.400. The van der Waals surface area contributed by atoms with Crippen LogP contribution in [0.4, 0.5) is 10.1 Å². The lowest BCUT2D eigenvalue weighted by Gasteiger charge is -2.32. The van der Waals surface area contributed by atoms with Gasteiger partial charge in [-0.05, 0) is 31.9 Å². The number of piperidine rings is 1. The summed E-state index contributed by atoms with van der Waals surface area (Å²) in [5.41, 5.74) is 0.194. The summed E-state index contributed by atoms with van der Waals surface area (Å²) in [6, 6.07) is 7.86. The molecule has 0 radical (unpaired) electrons. The molecule has 0 unspecified atom stereocenters. The van der Waals surface area contributed by atoms with Crippen LogP contribution in [-0.4, -0.2) is 18.2 Å². The third kappa shape index (κ3) is 2.55. The number of carbonyl (C=O) groups excluding carboxylic acids is 2. The van der Waals surface area contributed by atoms with E-state index in [1.54, 1.807) is 12.1 Å². The number of hydrogen-bond donors (Lipinski definition) is 0. The number of Topliss-reactive ketones (excluding diaryl/α,β-unsaturated/α-hetero) is 1. The van der Waals surface area contributed by atoms with Gasteiger partial charge in [-0.3, -0.25) is 9.59 Å². The number of para-hydroxylation sites is 1. The molecule has 2 rings (SSSR count). The topological polar surface area (TPSA) is 61.2 Å². The molecule has 1 aromatic rings. The van der Waals surface area contributed by atoms with Gasteiger partial charge in [0.2, 0.25) is 5.91 Å². The Labute approximate surface area is 116 Å². The Hall–Kier alpha value is -2.22. The maximum Gasteiger partial charge on any atom is 0.237 e. The Bertz CT molecular complexity index is 579. The van der Waals surface area contributed by atoms with E-state index in [0.717, 1.165) is 0 Å². The summed E-state index contributed by atoms with van der Waals surface area (Å²) in [4.78, 5) is 25.7. The Kier molecular flexibility index (Phi) is 4.14. The summed E-state index contributed by atoms with van der Waals surface area (Å²) >= 11 is 0. The smallest absolute Gasteiger partial charge is 0.237 e. The zero-order valence-electron chi connectivity index (χ0n) is 11.2. The SMILES string of the molecule is C[C@H](C#N)C(=O)[C@H]1CCCN(c2ccccc2F)C1=O. The van der Waals surface area contributed by atoms with Crippen LogP contribution in [0.3, 0.4) is 0 Å². The fourth-order valence-corrected chi connectivity index (χ4v) is 2.41. The largest absolute Gasteiger partial charge is 0.309 e. The highest BCUT2D eigenvalue weighted by Crippen LogP contribution is 2.28. The van der Waals surface area contributed by atoms with Crippen LogP contribution in [0.2, 0.25) is 0 Å². The van der Waals surface area contributed by atoms with Crippen molar-refractivity contribution in [1.82, 2.24) is 0 Å². The minimum absolute atomic E-state index is 0.194. The number of amides is 1. The van der Waals surface area contributed by atoms with E-state index in [9.17, 15) is 14.0 Å². The maximum absolute atomic E-state index is 13.8. The van der Waals surface area contributed by atoms with Crippen LogP contribution >= 0.6 is 0 Å². The van der Waals surface area contributed by atoms with Gasteiger partial charge in [0.25, 0.3) is 0 Å². The first-order chi connectivity index (χ1) is 9.56. The summed E-state index contributed by atoms with van der Waals surface area (Å²) in [5, 5.41) is 8.79. The van der Waals surface area contributed by atoms with Gasteiger partial charge in [-0.2, -0.15) is 5.26 Å². The van der Waals surface area contributed by atoms with Crippen LogP contribution in [-0.2, 0) is 9.59 Å². The number of anilines is 1. The lowest BCUT2D eigenvalue weighted by molar-refractivity contribution is -0.135. The predicted octanol–water partition coefficient (Wildman–Crippen LogP) is 2.30. The maximum atomic E-state index is 13.8. The number of carbonyl (C=O) groups is 2. The van der Waals surface area contributed by atoms with Gasteiger partial charge < -0.3 is 4.90 Å². The summed E-state index contributed by atoms with van der Waals surface area (Å²) in [7, 11) is 0. The summed E-state index contributed by atoms with van der Waals surface area (Å²) in [5.74, 6) is -2.92. The summed E-state index contributed by atoms with van der Waals surface area (Å²) < 4.78 is 13.8. The molecular formula is C15H15FN2O2. The lowest BCUT2D eigenvalue weighted by Crippen LogP contribution is -2.45. The normalized spacial score (nSPS) is 20.4. The molecular weight excluding hydrogens is 259 g/mol. The molecule has 1 amide bonds. The van der Waals surface area contributed by atoms with Crippen molar-refractivity contribution in [1.29, 1.82) is 5.26 Å². The molecule has 0 aliphatic carbocycles. The Morgan fingerprint density at radius 3 is 2.85 bits per heavy atom. The molecule has 1 aromatic carbocycles. The number of ketones is 1. The van der Waals surface area contributed by atoms with Gasteiger partial charge >= 0.3 is 0 Å². The van der Waals surface area contributed by atoms with E-state index in [1.165, 1.54) is 24.0 Å². The molecule has 1 aliphatic rings. The zero-order valence-corrected chi connectivity index (χ0v) is 11.2. The van der Waals surface area contributed by atoms with Crippen molar-refractivity contribution in [3.63, 3.8) is 0 Å². The minimum Gasteiger partial charge on any atom is -0.309 e. The first-order valence-electron chi connectivity index (χ1n) is 6.55. The molecule has 5 heteroatoms. The molecule has 1 fully saturated rings. The van der Waals surface area contributed by atoms with Crippen LogP contribution in [0.15, 0.2) is 24.3 Å². The highest BCUT2D eigenvalue weighted by atomic mass is 19.1. The van der Waals surface area contributed by atoms with E-state index < -0.39 is 23.6 Å². The highest BCUT2D eigenvalue weighted by molar-refractivity contribution is 6.10. The second-order valence-electron chi connectivity index (χ2n) is 4.89. The quantitative estimate of drug-likeness (QED) is 0.794. The van der Waals surface area contributed by atoms with E-state index in [-0.39, 0.29) is 11.5 Å². The van der Waals surface area contributed by atoms with Crippen LogP contribution in [0, 0.1) is 29.0 Å². The molecule has 20 heavy (non-hydrogen) atoms. The van der Waals surface area contributed by atoms with Crippen molar-refractivity contribution in [3.8, 4) is 6.07 Å². The second-order valence-corrected chi connectivity index (χ2v) is 4.89. The van der Waals surface area contributed by atoms with E-state index in [0.29, 0.717) is 19.4 Å². The van der Waals surface area contributed by atoms with E-state index in [1.807, 2.05) is 6.07 Å². The van der Waals surface area contributed by atoms with Gasteiger partial charge in [0, 0.05) is 6.54 Å². The first kappa shape index (κ1) is 14.2. The predicted molar refractivity (Wildman–Crippen MR) is 71.3 cm³/mol. The van der Waals surface area contributed by atoms with Crippen molar-refractivity contribution in [2.24, 2.45) is 11.8 Å². The lowest BCUT2D eigenvalue weighted by atomic mass is 9.87. The van der Waals surface area contributed by atoms with Crippen LogP contribution in [0.1, 0.15) is 19.8 Å². The third-order valence-electron chi connectivity index (χ3n) is 3.55. The number of nitriles is 1. The minimum atomic E-state index is -0.835. The number of hydrogen-bond acceptors (Lipinski definition) is 3. The molecule has 2 atom stereocenters. The van der Waals surface area contributed by atoms with Crippen LogP contribution in [0.5, 0.6) is 0 Å². The molecule has 1 saturated heterocycles. The monoisotopic (exact) mass is 274 g/mol. The number of nitrogens with zero attached hydrogens (tertiary/aromatic N) is 2. The number of halogens is 1. The first-order valence-corrected chi connectivity index (χ1v) is 6.55. The average molecular weight is 274 g/mol.